The molecule has 0 unspecified atom stereocenters. The van der Waals surface area contributed by atoms with Crippen LogP contribution in [0.4, 0.5) is 5.69 Å². The van der Waals surface area contributed by atoms with Crippen LogP contribution in [0, 0.1) is 0 Å². The number of anilines is 1. The first-order valence-electron chi connectivity index (χ1n) is 6.09. The monoisotopic (exact) mass is 283 g/mol. The van der Waals surface area contributed by atoms with Gasteiger partial charge in [0.15, 0.2) is 0 Å². The summed E-state index contributed by atoms with van der Waals surface area (Å²) in [6.07, 6.45) is 1.42. The highest BCUT2D eigenvalue weighted by molar-refractivity contribution is 5.99. The molecule has 0 aliphatic heterocycles. The van der Waals surface area contributed by atoms with Crippen molar-refractivity contribution in [1.29, 1.82) is 0 Å². The second-order valence-electron chi connectivity index (χ2n) is 4.21. The van der Waals surface area contributed by atoms with Crippen LogP contribution >= 0.6 is 0 Å². The molecule has 0 aliphatic rings. The molecule has 0 saturated carbocycles. The molecule has 0 aliphatic carbocycles. The summed E-state index contributed by atoms with van der Waals surface area (Å²) < 4.78 is 0. The van der Waals surface area contributed by atoms with E-state index >= 15 is 0 Å². The number of para-hydroxylation sites is 1. The van der Waals surface area contributed by atoms with E-state index in [1.807, 2.05) is 0 Å². The van der Waals surface area contributed by atoms with Crippen LogP contribution in [-0.4, -0.2) is 23.2 Å². The molecule has 2 aromatic carbocycles. The van der Waals surface area contributed by atoms with Crippen LogP contribution in [0.5, 0.6) is 0 Å². The van der Waals surface area contributed by atoms with Crippen molar-refractivity contribution in [2.24, 2.45) is 5.10 Å². The number of rotatable bonds is 4. The molecule has 6 nitrogen and oxygen atoms in total. The van der Waals surface area contributed by atoms with Gasteiger partial charge < -0.3 is 10.8 Å². The number of nitrogens with zero attached hydrogens (tertiary/aromatic N) is 1. The lowest BCUT2D eigenvalue weighted by molar-refractivity contribution is 0.0696. The summed E-state index contributed by atoms with van der Waals surface area (Å²) in [6.45, 7) is 0. The van der Waals surface area contributed by atoms with E-state index in [0.29, 0.717) is 16.8 Å². The number of benzene rings is 2. The van der Waals surface area contributed by atoms with Crippen LogP contribution in [0.3, 0.4) is 0 Å². The van der Waals surface area contributed by atoms with Crippen LogP contribution in [0.2, 0.25) is 0 Å². The van der Waals surface area contributed by atoms with E-state index in [-0.39, 0.29) is 5.56 Å². The second kappa shape index (κ2) is 6.33. The summed E-state index contributed by atoms with van der Waals surface area (Å²) in [6, 6.07) is 12.8. The molecule has 106 valence electrons. The van der Waals surface area contributed by atoms with Gasteiger partial charge in [0.25, 0.3) is 5.91 Å². The van der Waals surface area contributed by atoms with Gasteiger partial charge >= 0.3 is 5.97 Å². The van der Waals surface area contributed by atoms with Crippen LogP contribution in [-0.2, 0) is 0 Å². The molecule has 2 aromatic rings. The molecule has 1 amide bonds. The minimum Gasteiger partial charge on any atom is -0.478 e. The van der Waals surface area contributed by atoms with Gasteiger partial charge in [-0.1, -0.05) is 24.3 Å². The highest BCUT2D eigenvalue weighted by Gasteiger charge is 2.07. The van der Waals surface area contributed by atoms with Crippen molar-refractivity contribution < 1.29 is 14.7 Å². The minimum atomic E-state index is -0.994. The number of aromatic carboxylic acids is 1. The van der Waals surface area contributed by atoms with E-state index in [9.17, 15) is 9.59 Å². The summed E-state index contributed by atoms with van der Waals surface area (Å²) in [5.41, 5.74) is 9.61. The van der Waals surface area contributed by atoms with Gasteiger partial charge in [-0.05, 0) is 29.8 Å². The third kappa shape index (κ3) is 3.66. The summed E-state index contributed by atoms with van der Waals surface area (Å²) in [5, 5.41) is 12.6. The third-order valence-electron chi connectivity index (χ3n) is 2.74. The van der Waals surface area contributed by atoms with Gasteiger partial charge in [-0.3, -0.25) is 4.79 Å². The molecular formula is C15H13N3O3. The Morgan fingerprint density at radius 1 is 1.10 bits per heavy atom. The van der Waals surface area contributed by atoms with Crippen molar-refractivity contribution in [2.75, 3.05) is 5.73 Å². The lowest BCUT2D eigenvalue weighted by Crippen LogP contribution is -2.19. The first-order chi connectivity index (χ1) is 10.1. The molecule has 6 heteroatoms. The van der Waals surface area contributed by atoms with E-state index in [0.717, 1.165) is 0 Å². The lowest BCUT2D eigenvalue weighted by Gasteiger charge is -2.02. The molecule has 0 bridgehead atoms. The number of carbonyl (C=O) groups excluding carboxylic acids is 1. The minimum absolute atomic E-state index is 0.188. The van der Waals surface area contributed by atoms with Crippen LogP contribution in [0.15, 0.2) is 53.6 Å². The largest absolute Gasteiger partial charge is 0.478 e. The number of carboxylic acids is 1. The standard InChI is InChI=1S/C15H13N3O3/c16-13-4-2-1-3-12(13)14(19)18-17-9-10-5-7-11(8-6-10)15(20)21/h1-9H,16H2,(H,18,19)(H,20,21)/b17-9+. The molecule has 4 N–H and O–H groups in total. The number of nitrogens with two attached hydrogens (primary N) is 1. The Kier molecular flexibility index (Phi) is 4.30. The SMILES string of the molecule is Nc1ccccc1C(=O)N/N=C/c1ccc(C(=O)O)cc1. The maximum atomic E-state index is 11.8. The van der Waals surface area contributed by atoms with E-state index in [4.69, 9.17) is 10.8 Å². The number of hydrogen-bond acceptors (Lipinski definition) is 4. The zero-order valence-electron chi connectivity index (χ0n) is 11.0. The quantitative estimate of drug-likeness (QED) is 0.451. The van der Waals surface area contributed by atoms with Gasteiger partial charge in [-0.15, -0.1) is 0 Å². The number of hydrogen-bond donors (Lipinski definition) is 3. The Labute approximate surface area is 120 Å². The Balaban J connectivity index is 2.01. The van der Waals surface area contributed by atoms with Gasteiger partial charge in [0.2, 0.25) is 0 Å². The number of amides is 1. The molecule has 0 radical (unpaired) electrons. The first kappa shape index (κ1) is 14.3. The van der Waals surface area contributed by atoms with Crippen molar-refractivity contribution in [1.82, 2.24) is 5.43 Å². The fourth-order valence-electron chi connectivity index (χ4n) is 1.64. The number of carbonyl (C=O) groups is 2. The number of hydrazone groups is 1. The van der Waals surface area contributed by atoms with E-state index in [1.54, 1.807) is 36.4 Å². The zero-order chi connectivity index (χ0) is 15.2. The van der Waals surface area contributed by atoms with E-state index in [1.165, 1.54) is 18.3 Å². The van der Waals surface area contributed by atoms with Crippen molar-refractivity contribution in [2.45, 2.75) is 0 Å². The molecule has 0 aromatic heterocycles. The van der Waals surface area contributed by atoms with Gasteiger partial charge in [0, 0.05) is 5.69 Å². The fraction of sp³-hybridized carbons (Fsp3) is 0. The van der Waals surface area contributed by atoms with E-state index < -0.39 is 11.9 Å². The molecule has 21 heavy (non-hydrogen) atoms. The number of nitrogens with one attached hydrogen (secondary N) is 1. The van der Waals surface area contributed by atoms with Crippen molar-refractivity contribution in [3.05, 3.63) is 65.2 Å². The van der Waals surface area contributed by atoms with Crippen LogP contribution in [0.25, 0.3) is 0 Å². The highest BCUT2D eigenvalue weighted by atomic mass is 16.4. The zero-order valence-corrected chi connectivity index (χ0v) is 11.0. The first-order valence-corrected chi connectivity index (χ1v) is 6.09. The summed E-state index contributed by atoms with van der Waals surface area (Å²) in [5.74, 6) is -1.40. The third-order valence-corrected chi connectivity index (χ3v) is 2.74. The van der Waals surface area contributed by atoms with Gasteiger partial charge in [-0.25, -0.2) is 10.2 Å². The molecule has 0 atom stereocenters. The van der Waals surface area contributed by atoms with Gasteiger partial charge in [0.1, 0.15) is 0 Å². The average molecular weight is 283 g/mol. The summed E-state index contributed by atoms with van der Waals surface area (Å²) in [7, 11) is 0. The van der Waals surface area contributed by atoms with Gasteiger partial charge in [-0.2, -0.15) is 5.10 Å². The Bertz CT molecular complexity index is 694. The lowest BCUT2D eigenvalue weighted by atomic mass is 10.1. The Morgan fingerprint density at radius 2 is 1.76 bits per heavy atom. The smallest absolute Gasteiger partial charge is 0.335 e. The highest BCUT2D eigenvalue weighted by Crippen LogP contribution is 2.09. The topological polar surface area (TPSA) is 105 Å². The molecule has 0 saturated heterocycles. The Morgan fingerprint density at radius 3 is 2.38 bits per heavy atom. The molecule has 0 heterocycles. The second-order valence-corrected chi connectivity index (χ2v) is 4.21. The maximum absolute atomic E-state index is 11.8. The maximum Gasteiger partial charge on any atom is 0.335 e. The fourth-order valence-corrected chi connectivity index (χ4v) is 1.64. The number of carboxylic acid groups (broad SMARTS) is 1. The molecule has 2 rings (SSSR count). The summed E-state index contributed by atoms with van der Waals surface area (Å²) >= 11 is 0. The van der Waals surface area contributed by atoms with E-state index in [2.05, 4.69) is 10.5 Å². The van der Waals surface area contributed by atoms with Crippen molar-refractivity contribution >= 4 is 23.8 Å². The van der Waals surface area contributed by atoms with Crippen LogP contribution < -0.4 is 11.2 Å². The normalized spacial score (nSPS) is 10.5. The molecular weight excluding hydrogens is 270 g/mol. The summed E-state index contributed by atoms with van der Waals surface area (Å²) in [4.78, 5) is 22.5. The van der Waals surface area contributed by atoms with Crippen LogP contribution in [0.1, 0.15) is 26.3 Å². The molecule has 0 spiro atoms. The Hall–Kier alpha value is -3.15. The van der Waals surface area contributed by atoms with Crippen molar-refractivity contribution in [3.63, 3.8) is 0 Å². The predicted molar refractivity (Wildman–Crippen MR) is 79.3 cm³/mol. The van der Waals surface area contributed by atoms with Gasteiger partial charge in [0.05, 0.1) is 17.3 Å². The predicted octanol–water partition coefficient (Wildman–Crippen LogP) is 1.73. The molecule has 0 fully saturated rings. The van der Waals surface area contributed by atoms with Crippen molar-refractivity contribution in [3.8, 4) is 0 Å². The average Bonchev–Trinajstić information content (AvgIpc) is 2.48. The number of nitrogen functional groups attached to an aromatic ring is 1.